The zero-order valence-electron chi connectivity index (χ0n) is 15.6. The number of amides is 1. The summed E-state index contributed by atoms with van der Waals surface area (Å²) in [5, 5.41) is 2.73. The number of rotatable bonds is 7. The number of carbonyl (C=O) groups excluding carboxylic acids is 2. The van der Waals surface area contributed by atoms with Gasteiger partial charge in [-0.25, -0.2) is 4.79 Å². The average molecular weight is 355 g/mol. The van der Waals surface area contributed by atoms with Crippen molar-refractivity contribution in [2.45, 2.75) is 46.5 Å². The maximum Gasteiger partial charge on any atom is 0.338 e. The molecule has 5 nitrogen and oxygen atoms in total. The highest BCUT2D eigenvalue weighted by Crippen LogP contribution is 2.12. The van der Waals surface area contributed by atoms with Crippen molar-refractivity contribution in [3.05, 3.63) is 65.2 Å². The molecular formula is C21H25NO4. The number of nitrogens with one attached hydrogen (secondary N) is 1. The van der Waals surface area contributed by atoms with Gasteiger partial charge in [0.2, 0.25) is 0 Å². The standard InChI is InChI=1S/C21H25NO4/c1-14(2)25-13-17-7-9-18(10-8-17)21(24)26-16(4)20(23)22-19-11-5-15(3)6-12-19/h5-12,14,16H,13H2,1-4H3,(H,22,23)/t16-/m1/s1. The summed E-state index contributed by atoms with van der Waals surface area (Å²) in [5.41, 5.74) is 3.14. The van der Waals surface area contributed by atoms with Gasteiger partial charge in [-0.1, -0.05) is 29.8 Å². The molecule has 0 spiro atoms. The second kappa shape index (κ2) is 9.15. The molecule has 2 rings (SSSR count). The molecule has 0 saturated carbocycles. The van der Waals surface area contributed by atoms with Crippen LogP contribution in [0, 0.1) is 6.92 Å². The van der Waals surface area contributed by atoms with Crippen LogP contribution in [0.15, 0.2) is 48.5 Å². The Morgan fingerprint density at radius 1 is 0.962 bits per heavy atom. The van der Waals surface area contributed by atoms with Crippen LogP contribution in [0.4, 0.5) is 5.69 Å². The number of aryl methyl sites for hydroxylation is 1. The number of esters is 1. The van der Waals surface area contributed by atoms with Gasteiger partial charge < -0.3 is 14.8 Å². The number of ether oxygens (including phenoxy) is 2. The molecule has 1 amide bonds. The minimum atomic E-state index is -0.896. The van der Waals surface area contributed by atoms with Gasteiger partial charge >= 0.3 is 5.97 Å². The smallest absolute Gasteiger partial charge is 0.338 e. The van der Waals surface area contributed by atoms with Crippen LogP contribution < -0.4 is 5.32 Å². The topological polar surface area (TPSA) is 64.6 Å². The normalized spacial score (nSPS) is 11.9. The fourth-order valence-corrected chi connectivity index (χ4v) is 2.16. The van der Waals surface area contributed by atoms with E-state index in [0.29, 0.717) is 17.9 Å². The van der Waals surface area contributed by atoms with Crippen LogP contribution in [-0.2, 0) is 20.9 Å². The van der Waals surface area contributed by atoms with Gasteiger partial charge in [0.05, 0.1) is 18.3 Å². The highest BCUT2D eigenvalue weighted by atomic mass is 16.5. The SMILES string of the molecule is Cc1ccc(NC(=O)[C@@H](C)OC(=O)c2ccc(COC(C)C)cc2)cc1. The molecule has 0 fully saturated rings. The molecule has 0 saturated heterocycles. The fraction of sp³-hybridized carbons (Fsp3) is 0.333. The summed E-state index contributed by atoms with van der Waals surface area (Å²) in [6, 6.07) is 14.4. The highest BCUT2D eigenvalue weighted by Gasteiger charge is 2.19. The van der Waals surface area contributed by atoms with E-state index in [4.69, 9.17) is 9.47 Å². The molecule has 0 radical (unpaired) electrons. The van der Waals surface area contributed by atoms with Gasteiger partial charge in [0.25, 0.3) is 5.91 Å². The lowest BCUT2D eigenvalue weighted by Crippen LogP contribution is -2.30. The van der Waals surface area contributed by atoms with Crippen molar-refractivity contribution < 1.29 is 19.1 Å². The van der Waals surface area contributed by atoms with E-state index in [9.17, 15) is 9.59 Å². The predicted octanol–water partition coefficient (Wildman–Crippen LogP) is 4.10. The largest absolute Gasteiger partial charge is 0.449 e. The molecule has 2 aromatic rings. The summed E-state index contributed by atoms with van der Waals surface area (Å²) in [7, 11) is 0. The van der Waals surface area contributed by atoms with Crippen LogP contribution in [0.3, 0.4) is 0 Å². The number of benzene rings is 2. The number of hydrogen-bond acceptors (Lipinski definition) is 4. The van der Waals surface area contributed by atoms with Gasteiger partial charge in [0.15, 0.2) is 6.10 Å². The monoisotopic (exact) mass is 355 g/mol. The average Bonchev–Trinajstić information content (AvgIpc) is 2.62. The Bertz CT molecular complexity index is 736. The maximum absolute atomic E-state index is 12.2. The van der Waals surface area contributed by atoms with Gasteiger partial charge in [-0.05, 0) is 57.5 Å². The summed E-state index contributed by atoms with van der Waals surface area (Å²) >= 11 is 0. The minimum Gasteiger partial charge on any atom is -0.449 e. The van der Waals surface area contributed by atoms with Crippen molar-refractivity contribution in [1.29, 1.82) is 0 Å². The van der Waals surface area contributed by atoms with Gasteiger partial charge in [-0.2, -0.15) is 0 Å². The molecule has 0 aliphatic heterocycles. The van der Waals surface area contributed by atoms with Crippen molar-refractivity contribution in [1.82, 2.24) is 0 Å². The fourth-order valence-electron chi connectivity index (χ4n) is 2.16. The number of carbonyl (C=O) groups is 2. The third-order valence-electron chi connectivity index (χ3n) is 3.75. The van der Waals surface area contributed by atoms with Crippen LogP contribution in [0.25, 0.3) is 0 Å². The van der Waals surface area contributed by atoms with Crippen LogP contribution in [0.5, 0.6) is 0 Å². The van der Waals surface area contributed by atoms with Gasteiger partial charge in [0, 0.05) is 5.69 Å². The first-order chi connectivity index (χ1) is 12.3. The van der Waals surface area contributed by atoms with Gasteiger partial charge in [0.1, 0.15) is 0 Å². The third kappa shape index (κ3) is 6.01. The quantitative estimate of drug-likeness (QED) is 0.759. The van der Waals surface area contributed by atoms with E-state index in [1.165, 1.54) is 0 Å². The molecule has 1 atom stereocenters. The number of anilines is 1. The molecule has 0 aromatic heterocycles. The van der Waals surface area contributed by atoms with Crippen LogP contribution in [-0.4, -0.2) is 24.1 Å². The van der Waals surface area contributed by atoms with Crippen LogP contribution in [0.1, 0.15) is 42.3 Å². The second-order valence-electron chi connectivity index (χ2n) is 6.46. The summed E-state index contributed by atoms with van der Waals surface area (Å²) in [4.78, 5) is 24.4. The van der Waals surface area contributed by atoms with Crippen molar-refractivity contribution in [2.75, 3.05) is 5.32 Å². The third-order valence-corrected chi connectivity index (χ3v) is 3.75. The van der Waals surface area contributed by atoms with E-state index >= 15 is 0 Å². The Morgan fingerprint density at radius 3 is 2.15 bits per heavy atom. The molecular weight excluding hydrogens is 330 g/mol. The summed E-state index contributed by atoms with van der Waals surface area (Å²) in [6.07, 6.45) is -0.750. The Hall–Kier alpha value is -2.66. The summed E-state index contributed by atoms with van der Waals surface area (Å²) in [5.74, 6) is -0.906. The number of hydrogen-bond donors (Lipinski definition) is 1. The Balaban J connectivity index is 1.89. The molecule has 26 heavy (non-hydrogen) atoms. The molecule has 0 bridgehead atoms. The van der Waals surface area contributed by atoms with Crippen molar-refractivity contribution in [3.8, 4) is 0 Å². The first kappa shape index (κ1) is 19.7. The van der Waals surface area contributed by atoms with E-state index in [1.54, 1.807) is 31.2 Å². The first-order valence-corrected chi connectivity index (χ1v) is 8.64. The van der Waals surface area contributed by atoms with E-state index in [1.807, 2.05) is 45.0 Å². The van der Waals surface area contributed by atoms with Gasteiger partial charge in [-0.3, -0.25) is 4.79 Å². The summed E-state index contributed by atoms with van der Waals surface area (Å²) in [6.45, 7) is 7.94. The van der Waals surface area contributed by atoms with E-state index in [0.717, 1.165) is 11.1 Å². The van der Waals surface area contributed by atoms with E-state index in [2.05, 4.69) is 5.32 Å². The maximum atomic E-state index is 12.2. The zero-order valence-corrected chi connectivity index (χ0v) is 15.6. The zero-order chi connectivity index (χ0) is 19.1. The summed E-state index contributed by atoms with van der Waals surface area (Å²) < 4.78 is 10.8. The second-order valence-corrected chi connectivity index (χ2v) is 6.46. The van der Waals surface area contributed by atoms with Crippen molar-refractivity contribution >= 4 is 17.6 Å². The molecule has 0 aliphatic rings. The molecule has 2 aromatic carbocycles. The minimum absolute atomic E-state index is 0.146. The van der Waals surface area contributed by atoms with Gasteiger partial charge in [-0.15, -0.1) is 0 Å². The molecule has 0 aliphatic carbocycles. The Morgan fingerprint density at radius 2 is 1.58 bits per heavy atom. The Kier molecular flexibility index (Phi) is 6.92. The lowest BCUT2D eigenvalue weighted by molar-refractivity contribution is -0.123. The molecule has 5 heteroatoms. The Labute approximate surface area is 154 Å². The first-order valence-electron chi connectivity index (χ1n) is 8.64. The van der Waals surface area contributed by atoms with Crippen molar-refractivity contribution in [2.24, 2.45) is 0 Å². The highest BCUT2D eigenvalue weighted by molar-refractivity contribution is 5.97. The molecule has 0 unspecified atom stereocenters. The predicted molar refractivity (Wildman–Crippen MR) is 101 cm³/mol. The molecule has 1 N–H and O–H groups in total. The van der Waals surface area contributed by atoms with E-state index in [-0.39, 0.29) is 12.0 Å². The lowest BCUT2D eigenvalue weighted by Gasteiger charge is -2.14. The van der Waals surface area contributed by atoms with E-state index < -0.39 is 12.1 Å². The van der Waals surface area contributed by atoms with Crippen LogP contribution >= 0.6 is 0 Å². The van der Waals surface area contributed by atoms with Crippen molar-refractivity contribution in [3.63, 3.8) is 0 Å². The lowest BCUT2D eigenvalue weighted by atomic mass is 10.1. The molecule has 0 heterocycles. The van der Waals surface area contributed by atoms with Crippen LogP contribution in [0.2, 0.25) is 0 Å². The molecule has 138 valence electrons.